The molecule has 1 saturated carbocycles. The Balaban J connectivity index is 0.000000383. The van der Waals surface area contributed by atoms with Gasteiger partial charge in [0.05, 0.1) is 17.4 Å². The van der Waals surface area contributed by atoms with Crippen LogP contribution in [0, 0.1) is 12.3 Å². The van der Waals surface area contributed by atoms with E-state index in [1.54, 1.807) is 6.33 Å². The van der Waals surface area contributed by atoms with Crippen LogP contribution in [0.5, 0.6) is 0 Å². The van der Waals surface area contributed by atoms with Gasteiger partial charge in [0.1, 0.15) is 0 Å². The minimum atomic E-state index is -5.08. The molecule has 0 radical (unpaired) electrons. The second-order valence-corrected chi connectivity index (χ2v) is 9.41. The van der Waals surface area contributed by atoms with E-state index in [-0.39, 0.29) is 0 Å². The van der Waals surface area contributed by atoms with Gasteiger partial charge in [-0.25, -0.2) is 9.78 Å². The minimum Gasteiger partial charge on any atom is -0.475 e. The number of nitrogens with zero attached hydrogens (tertiary/aromatic N) is 1. The molecule has 0 amide bonds. The number of nitrogens with one attached hydrogen (secondary N) is 2. The highest BCUT2D eigenvalue weighted by atomic mass is 19.4. The van der Waals surface area contributed by atoms with Crippen LogP contribution in [0.2, 0.25) is 0 Å². The van der Waals surface area contributed by atoms with Crippen molar-refractivity contribution in [1.82, 2.24) is 15.3 Å². The van der Waals surface area contributed by atoms with E-state index in [1.165, 1.54) is 47.9 Å². The molecule has 3 aromatic rings. The van der Waals surface area contributed by atoms with Gasteiger partial charge in [0.25, 0.3) is 0 Å². The lowest BCUT2D eigenvalue weighted by atomic mass is 9.75. The third-order valence-electron chi connectivity index (χ3n) is 6.21. The molecule has 5 nitrogen and oxygen atoms in total. The molecule has 0 bridgehead atoms. The normalized spacial score (nSPS) is 16.3. The number of carboxylic acids is 1. The summed E-state index contributed by atoms with van der Waals surface area (Å²) in [6.45, 7) is 7.91. The van der Waals surface area contributed by atoms with Gasteiger partial charge >= 0.3 is 12.1 Å². The smallest absolute Gasteiger partial charge is 0.475 e. The zero-order chi connectivity index (χ0) is 24.2. The maximum Gasteiger partial charge on any atom is 0.490 e. The molecule has 178 valence electrons. The average Bonchev–Trinajstić information content (AvgIpc) is 3.20. The van der Waals surface area contributed by atoms with Gasteiger partial charge in [-0.15, -0.1) is 0 Å². The Morgan fingerprint density at radius 1 is 1.18 bits per heavy atom. The van der Waals surface area contributed by atoms with E-state index in [1.807, 2.05) is 0 Å². The topological polar surface area (TPSA) is 78.0 Å². The van der Waals surface area contributed by atoms with E-state index in [0.717, 1.165) is 17.6 Å². The van der Waals surface area contributed by atoms with Gasteiger partial charge in [0.15, 0.2) is 0 Å². The summed E-state index contributed by atoms with van der Waals surface area (Å²) >= 11 is 0. The molecule has 0 spiro atoms. The second kappa shape index (κ2) is 9.95. The van der Waals surface area contributed by atoms with Gasteiger partial charge in [-0.3, -0.25) is 0 Å². The molecule has 0 saturated heterocycles. The molecule has 0 unspecified atom stereocenters. The lowest BCUT2D eigenvalue weighted by Crippen LogP contribution is -2.35. The molecule has 1 aromatic heterocycles. The maximum atomic E-state index is 10.6. The highest BCUT2D eigenvalue weighted by Crippen LogP contribution is 2.35. The first-order valence-corrected chi connectivity index (χ1v) is 11.0. The van der Waals surface area contributed by atoms with E-state index in [0.29, 0.717) is 11.5 Å². The van der Waals surface area contributed by atoms with Crippen LogP contribution in [-0.4, -0.2) is 33.3 Å². The molecule has 0 aliphatic heterocycles. The Labute approximate surface area is 191 Å². The fourth-order valence-electron chi connectivity index (χ4n) is 4.07. The number of halogens is 3. The molecule has 1 fully saturated rings. The molecule has 33 heavy (non-hydrogen) atoms. The van der Waals surface area contributed by atoms with Crippen LogP contribution in [0.25, 0.3) is 22.2 Å². The van der Waals surface area contributed by atoms with Crippen LogP contribution in [-0.2, 0) is 11.3 Å². The largest absolute Gasteiger partial charge is 0.490 e. The summed E-state index contributed by atoms with van der Waals surface area (Å²) < 4.78 is 31.7. The molecule has 1 heterocycles. The van der Waals surface area contributed by atoms with Crippen molar-refractivity contribution in [2.75, 3.05) is 0 Å². The first-order chi connectivity index (χ1) is 15.4. The van der Waals surface area contributed by atoms with Crippen molar-refractivity contribution in [2.45, 2.75) is 65.2 Å². The number of H-pyrrole nitrogens is 1. The van der Waals surface area contributed by atoms with Crippen LogP contribution in [0.3, 0.4) is 0 Å². The Morgan fingerprint density at radius 3 is 2.36 bits per heavy atom. The molecule has 1 aliphatic carbocycles. The molecule has 4 rings (SSSR count). The lowest BCUT2D eigenvalue weighted by Gasteiger charge is -2.34. The van der Waals surface area contributed by atoms with Gasteiger partial charge < -0.3 is 15.4 Å². The predicted molar refractivity (Wildman–Crippen MR) is 123 cm³/mol. The number of benzene rings is 2. The summed E-state index contributed by atoms with van der Waals surface area (Å²) in [7, 11) is 0. The molecule has 8 heteroatoms. The maximum absolute atomic E-state index is 10.6. The number of imidazole rings is 1. The number of alkyl halides is 3. The number of carboxylic acid groups (broad SMARTS) is 1. The third kappa shape index (κ3) is 6.81. The molecule has 0 atom stereocenters. The summed E-state index contributed by atoms with van der Waals surface area (Å²) in [4.78, 5) is 16.4. The number of fused-ring (bicyclic) bond motifs is 1. The summed E-state index contributed by atoms with van der Waals surface area (Å²) in [6, 6.07) is 14.0. The van der Waals surface area contributed by atoms with Gasteiger partial charge in [0.2, 0.25) is 0 Å². The number of carbonyl (C=O) groups is 1. The number of rotatable bonds is 4. The van der Waals surface area contributed by atoms with Gasteiger partial charge in [-0.2, -0.15) is 13.2 Å². The Morgan fingerprint density at radius 2 is 1.79 bits per heavy atom. The van der Waals surface area contributed by atoms with Gasteiger partial charge in [-0.05, 0) is 72.4 Å². The molecular weight excluding hydrogens is 431 g/mol. The standard InChI is InChI=1S/C23H29N3.C2HF3O2/c1-16-12-21-22(26-15-25-21)13-20(16)18-6-4-17(5-7-18)14-24-19-8-10-23(2,3)11-9-19;3-2(4,5)1(6)7/h4-7,12-13,15,19,24H,8-11,14H2,1-3H3,(H,25,26);(H,6,7). The quantitative estimate of drug-likeness (QED) is 0.430. The SMILES string of the molecule is Cc1cc2nc[nH]c2cc1-c1ccc(CNC2CCC(C)(C)CC2)cc1.O=C(O)C(F)(F)F. The first-order valence-electron chi connectivity index (χ1n) is 11.0. The summed E-state index contributed by atoms with van der Waals surface area (Å²) in [6.07, 6.45) is 1.94. The van der Waals surface area contributed by atoms with Crippen molar-refractivity contribution in [3.63, 3.8) is 0 Å². The van der Waals surface area contributed by atoms with Gasteiger partial charge in [0, 0.05) is 12.6 Å². The number of aryl methyl sites for hydroxylation is 1. The second-order valence-electron chi connectivity index (χ2n) is 9.41. The molecule has 3 N–H and O–H groups in total. The molecule has 1 aliphatic rings. The lowest BCUT2D eigenvalue weighted by molar-refractivity contribution is -0.192. The summed E-state index contributed by atoms with van der Waals surface area (Å²) in [5, 5.41) is 10.9. The van der Waals surface area contributed by atoms with E-state index >= 15 is 0 Å². The van der Waals surface area contributed by atoms with E-state index < -0.39 is 12.1 Å². The van der Waals surface area contributed by atoms with Crippen LogP contribution in [0.1, 0.15) is 50.7 Å². The fraction of sp³-hybridized carbons (Fsp3) is 0.440. The molecule has 2 aromatic carbocycles. The predicted octanol–water partition coefficient (Wildman–Crippen LogP) is 6.23. The van der Waals surface area contributed by atoms with Crippen LogP contribution >= 0.6 is 0 Å². The van der Waals surface area contributed by atoms with Crippen molar-refractivity contribution >= 4 is 17.0 Å². The number of aliphatic carboxylic acids is 1. The zero-order valence-electron chi connectivity index (χ0n) is 19.1. The summed E-state index contributed by atoms with van der Waals surface area (Å²) in [5.74, 6) is -2.76. The van der Waals surface area contributed by atoms with E-state index in [9.17, 15) is 13.2 Å². The van der Waals surface area contributed by atoms with E-state index in [2.05, 4.69) is 72.5 Å². The van der Waals surface area contributed by atoms with Crippen molar-refractivity contribution in [3.05, 3.63) is 53.9 Å². The number of aromatic amines is 1. The first kappa shape index (κ1) is 24.8. The number of aromatic nitrogens is 2. The van der Waals surface area contributed by atoms with Crippen LogP contribution < -0.4 is 5.32 Å². The number of hydrogen-bond donors (Lipinski definition) is 3. The molecular formula is C25H30F3N3O2. The van der Waals surface area contributed by atoms with Gasteiger partial charge in [-0.1, -0.05) is 38.1 Å². The summed E-state index contributed by atoms with van der Waals surface area (Å²) in [5.41, 5.74) is 7.82. The zero-order valence-corrected chi connectivity index (χ0v) is 19.1. The highest BCUT2D eigenvalue weighted by Gasteiger charge is 2.38. The Hall–Kier alpha value is -2.87. The van der Waals surface area contributed by atoms with Crippen molar-refractivity contribution in [1.29, 1.82) is 0 Å². The van der Waals surface area contributed by atoms with Crippen LogP contribution in [0.4, 0.5) is 13.2 Å². The van der Waals surface area contributed by atoms with Crippen molar-refractivity contribution in [3.8, 4) is 11.1 Å². The minimum absolute atomic E-state index is 0.535. The van der Waals surface area contributed by atoms with Crippen LogP contribution in [0.15, 0.2) is 42.7 Å². The van der Waals surface area contributed by atoms with Crippen molar-refractivity contribution < 1.29 is 23.1 Å². The van der Waals surface area contributed by atoms with E-state index in [4.69, 9.17) is 9.90 Å². The Bertz CT molecular complexity index is 1080. The van der Waals surface area contributed by atoms with Crippen molar-refractivity contribution in [2.24, 2.45) is 5.41 Å². The number of hydrogen-bond acceptors (Lipinski definition) is 3. The average molecular weight is 462 g/mol. The fourth-order valence-corrected chi connectivity index (χ4v) is 4.07. The monoisotopic (exact) mass is 461 g/mol. The highest BCUT2D eigenvalue weighted by molar-refractivity contribution is 5.83. The Kier molecular flexibility index (Phi) is 7.47. The third-order valence-corrected chi connectivity index (χ3v) is 6.21.